The molecule has 4 nitrogen and oxygen atoms in total. The number of unbranched alkanes of at least 4 members (excludes halogenated alkanes) is 12. The van der Waals surface area contributed by atoms with Crippen molar-refractivity contribution in [2.45, 2.75) is 130 Å². The minimum absolute atomic E-state index is 0.144. The fraction of sp³-hybridized carbons (Fsp3) is 1.00. The van der Waals surface area contributed by atoms with Gasteiger partial charge < -0.3 is 18.6 Å². The van der Waals surface area contributed by atoms with Crippen LogP contribution >= 0.6 is 0 Å². The lowest BCUT2D eigenvalue weighted by Gasteiger charge is -2.38. The number of aliphatic hydroxyl groups is 1. The van der Waals surface area contributed by atoms with Crippen LogP contribution in [0.3, 0.4) is 0 Å². The Morgan fingerprint density at radius 2 is 0.861 bits per heavy atom. The van der Waals surface area contributed by atoms with Crippen LogP contribution in [0.2, 0.25) is 0 Å². The fourth-order valence-corrected chi connectivity index (χ4v) is 5.35. The monoisotopic (exact) mass is 515 g/mol. The van der Waals surface area contributed by atoms with Crippen molar-refractivity contribution in [1.82, 2.24) is 0 Å². The Morgan fingerprint density at radius 3 is 1.33 bits per heavy atom. The summed E-state index contributed by atoms with van der Waals surface area (Å²) in [5.41, 5.74) is 0. The Hall–Kier alpha value is -0.160. The molecule has 4 heteroatoms. The molecular weight excluding hydrogens is 442 g/mol. The second kappa shape index (κ2) is 20.8. The Balaban J connectivity index is 4.28. The van der Waals surface area contributed by atoms with Gasteiger partial charge in [-0.05, 0) is 20.3 Å². The Bertz CT molecular complexity index is 494. The van der Waals surface area contributed by atoms with Gasteiger partial charge in [-0.3, -0.25) is 0 Å². The highest BCUT2D eigenvalue weighted by Gasteiger charge is 2.26. The molecule has 0 amide bonds. The molecule has 0 aromatic rings. The minimum atomic E-state index is -0.144. The van der Waals surface area contributed by atoms with Crippen molar-refractivity contribution in [2.24, 2.45) is 0 Å². The highest BCUT2D eigenvalue weighted by Crippen LogP contribution is 2.16. The van der Waals surface area contributed by atoms with Gasteiger partial charge in [0, 0.05) is 19.3 Å². The van der Waals surface area contributed by atoms with Crippen LogP contribution in [0.4, 0.5) is 0 Å². The Kier molecular flexibility index (Phi) is 20.7. The summed E-state index contributed by atoms with van der Waals surface area (Å²) in [7, 11) is 11.8. The maximum atomic E-state index is 11.0. The van der Waals surface area contributed by atoms with E-state index in [1.54, 1.807) is 0 Å². The summed E-state index contributed by atoms with van der Waals surface area (Å²) >= 11 is 0. The van der Waals surface area contributed by atoms with Gasteiger partial charge in [0.05, 0.1) is 74.5 Å². The number of hydrogen-bond acceptors (Lipinski definition) is 1. The van der Waals surface area contributed by atoms with Crippen LogP contribution in [0, 0.1) is 0 Å². The molecule has 0 heterocycles. The largest absolute Gasteiger partial charge is 0.387 e. The van der Waals surface area contributed by atoms with E-state index < -0.39 is 0 Å². The molecule has 0 rings (SSSR count). The molecule has 218 valence electrons. The van der Waals surface area contributed by atoms with Crippen LogP contribution in [0.15, 0.2) is 0 Å². The summed E-state index contributed by atoms with van der Waals surface area (Å²) in [6.07, 6.45) is 21.2. The van der Waals surface area contributed by atoms with E-state index in [2.05, 4.69) is 56.0 Å². The third-order valence-electron chi connectivity index (χ3n) is 8.93. The molecule has 0 spiro atoms. The Morgan fingerprint density at radius 1 is 0.472 bits per heavy atom. The first-order chi connectivity index (χ1) is 17.0. The third-order valence-corrected chi connectivity index (χ3v) is 8.93. The van der Waals surface area contributed by atoms with E-state index >= 15 is 0 Å². The summed E-state index contributed by atoms with van der Waals surface area (Å²) in [4.78, 5) is 0. The molecule has 0 aromatic carbocycles. The van der Waals surface area contributed by atoms with Crippen molar-refractivity contribution in [3.05, 3.63) is 0 Å². The molecule has 0 aromatic heterocycles. The zero-order chi connectivity index (χ0) is 27.3. The van der Waals surface area contributed by atoms with Crippen LogP contribution in [0.25, 0.3) is 0 Å². The van der Waals surface area contributed by atoms with E-state index in [4.69, 9.17) is 0 Å². The van der Waals surface area contributed by atoms with Gasteiger partial charge in [-0.25, -0.2) is 0 Å². The lowest BCUT2D eigenvalue weighted by Crippen LogP contribution is -2.52. The molecule has 0 aliphatic heterocycles. The minimum Gasteiger partial charge on any atom is -0.387 e. The van der Waals surface area contributed by atoms with Gasteiger partial charge in [-0.15, -0.1) is 0 Å². The molecule has 0 fully saturated rings. The van der Waals surface area contributed by atoms with Crippen LogP contribution < -0.4 is 0 Å². The van der Waals surface area contributed by atoms with Gasteiger partial charge in [0.25, 0.3) is 0 Å². The first-order valence-corrected chi connectivity index (χ1v) is 16.1. The second-order valence-corrected chi connectivity index (χ2v) is 13.6. The van der Waals surface area contributed by atoms with E-state index in [-0.39, 0.29) is 6.10 Å². The number of aliphatic hydroxyl groups excluding tert-OH is 1. The molecular formula is C32H72N3O+3. The third kappa shape index (κ3) is 20.8. The Labute approximate surface area is 229 Å². The maximum Gasteiger partial charge on any atom is 0.105 e. The van der Waals surface area contributed by atoms with Crippen molar-refractivity contribution in [3.8, 4) is 0 Å². The summed E-state index contributed by atoms with van der Waals surface area (Å²) < 4.78 is 3.26. The molecule has 0 saturated heterocycles. The quantitative estimate of drug-likeness (QED) is 0.0952. The lowest BCUT2D eigenvalue weighted by molar-refractivity contribution is -0.923. The molecule has 36 heavy (non-hydrogen) atoms. The van der Waals surface area contributed by atoms with Gasteiger partial charge in [-0.1, -0.05) is 84.0 Å². The van der Waals surface area contributed by atoms with Gasteiger partial charge >= 0.3 is 0 Å². The highest BCUT2D eigenvalue weighted by molar-refractivity contribution is 4.58. The first-order valence-electron chi connectivity index (χ1n) is 16.1. The van der Waals surface area contributed by atoms with E-state index in [0.717, 1.165) is 26.4 Å². The normalized spacial score (nSPS) is 15.2. The van der Waals surface area contributed by atoms with E-state index in [9.17, 15) is 5.11 Å². The maximum absolute atomic E-state index is 11.0. The predicted molar refractivity (Wildman–Crippen MR) is 161 cm³/mol. The highest BCUT2D eigenvalue weighted by atomic mass is 16.3. The number of nitrogens with zero attached hydrogens (tertiary/aromatic N) is 3. The van der Waals surface area contributed by atoms with Crippen LogP contribution in [0.5, 0.6) is 0 Å². The molecule has 0 radical (unpaired) electrons. The van der Waals surface area contributed by atoms with Gasteiger partial charge in [-0.2, -0.15) is 0 Å². The van der Waals surface area contributed by atoms with Gasteiger partial charge in [0.15, 0.2) is 0 Å². The fourth-order valence-electron chi connectivity index (χ4n) is 5.35. The van der Waals surface area contributed by atoms with Crippen LogP contribution in [0.1, 0.15) is 124 Å². The molecule has 0 saturated carbocycles. The molecule has 0 aliphatic rings. The average molecular weight is 515 g/mol. The lowest BCUT2D eigenvalue weighted by atomic mass is 10.0. The summed E-state index contributed by atoms with van der Waals surface area (Å²) in [6.45, 7) is 15.1. The number of likely N-dealkylation sites (N-methyl/N-ethyl adjacent to an activating group) is 1. The number of quaternary nitrogens is 3. The average Bonchev–Trinajstić information content (AvgIpc) is 2.82. The topological polar surface area (TPSA) is 20.2 Å². The van der Waals surface area contributed by atoms with Gasteiger partial charge in [0.1, 0.15) is 12.6 Å². The first kappa shape index (κ1) is 35.8. The molecule has 0 aliphatic carbocycles. The zero-order valence-corrected chi connectivity index (χ0v) is 26.6. The molecule has 0 bridgehead atoms. The second-order valence-electron chi connectivity index (χ2n) is 13.6. The van der Waals surface area contributed by atoms with Crippen molar-refractivity contribution in [1.29, 1.82) is 0 Å². The molecule has 2 unspecified atom stereocenters. The van der Waals surface area contributed by atoms with Crippen molar-refractivity contribution >= 4 is 0 Å². The predicted octanol–water partition coefficient (Wildman–Crippen LogP) is 7.25. The van der Waals surface area contributed by atoms with Crippen molar-refractivity contribution in [2.75, 3.05) is 81.1 Å². The SMILES string of the molecule is CCCCCCCCCCCCCCC(O)C[N+](C)(CCCC[N+](C)(C)CC)CCC[N+](C)(C)CC. The summed E-state index contributed by atoms with van der Waals surface area (Å²) in [5, 5.41) is 11.0. The van der Waals surface area contributed by atoms with Crippen LogP contribution in [-0.2, 0) is 0 Å². The van der Waals surface area contributed by atoms with Gasteiger partial charge in [0.2, 0.25) is 0 Å². The molecule has 2 atom stereocenters. The van der Waals surface area contributed by atoms with Crippen molar-refractivity contribution < 1.29 is 18.6 Å². The summed E-state index contributed by atoms with van der Waals surface area (Å²) in [5.74, 6) is 0. The van der Waals surface area contributed by atoms with E-state index in [0.29, 0.717) is 0 Å². The smallest absolute Gasteiger partial charge is 0.105 e. The summed E-state index contributed by atoms with van der Waals surface area (Å²) in [6, 6.07) is 0. The van der Waals surface area contributed by atoms with Crippen LogP contribution in [-0.4, -0.2) is 106 Å². The van der Waals surface area contributed by atoms with E-state index in [1.165, 1.54) is 136 Å². The zero-order valence-electron chi connectivity index (χ0n) is 26.6. The number of rotatable bonds is 26. The molecule has 1 N–H and O–H groups in total. The standard InChI is InChI=1S/C32H72N3O/c1-9-12-13-14-15-16-17-18-19-20-21-22-26-32(36)31-35(8,30-25-28-34(6,7)11-3)29-24-23-27-33(4,5)10-2/h32,36H,9-31H2,1-8H3/q+3. The van der Waals surface area contributed by atoms with E-state index in [1.807, 2.05) is 0 Å². The number of hydrogen-bond donors (Lipinski definition) is 1. The van der Waals surface area contributed by atoms with Crippen molar-refractivity contribution in [3.63, 3.8) is 0 Å².